The topological polar surface area (TPSA) is 43.4 Å². The molecule has 1 fully saturated rings. The van der Waals surface area contributed by atoms with Gasteiger partial charge in [-0.15, -0.1) is 0 Å². The number of nitrogens with zero attached hydrogens (tertiary/aromatic N) is 2. The number of hydrogen-bond acceptors (Lipinski definition) is 6. The van der Waals surface area contributed by atoms with Gasteiger partial charge in [-0.25, -0.2) is 4.39 Å². The first kappa shape index (κ1) is 21.3. The Bertz CT molecular complexity index is 886. The van der Waals surface area contributed by atoms with Gasteiger partial charge in [-0.2, -0.15) is 0 Å². The standard InChI is InChI=1S/C24H29FN2O4/c1-28-22-16-20(25)8-9-21(22)29-15-5-10-26-11-13-27(14-12-26)24-18-30-23(17-31-24)19-6-3-2-4-7-19/h2-3,6,8-9,16-18H,4-5,7,10-15H2,1H3. The molecule has 6 nitrogen and oxygen atoms in total. The lowest BCUT2D eigenvalue weighted by molar-refractivity contribution is 0.0822. The summed E-state index contributed by atoms with van der Waals surface area (Å²) in [4.78, 5) is 4.62. The number of allylic oxidation sites excluding steroid dienone is 4. The van der Waals surface area contributed by atoms with Crippen LogP contribution in [0, 0.1) is 5.82 Å². The van der Waals surface area contributed by atoms with Crippen LogP contribution in [0.3, 0.4) is 0 Å². The fourth-order valence-corrected chi connectivity index (χ4v) is 3.81. The zero-order valence-electron chi connectivity index (χ0n) is 17.9. The minimum absolute atomic E-state index is 0.334. The highest BCUT2D eigenvalue weighted by atomic mass is 19.1. The molecule has 4 rings (SSSR count). The molecule has 1 saturated heterocycles. The second-order valence-corrected chi connectivity index (χ2v) is 7.66. The largest absolute Gasteiger partial charge is 0.493 e. The molecule has 0 amide bonds. The van der Waals surface area contributed by atoms with Gasteiger partial charge in [0, 0.05) is 38.8 Å². The Morgan fingerprint density at radius 3 is 2.65 bits per heavy atom. The summed E-state index contributed by atoms with van der Waals surface area (Å²) in [6, 6.07) is 4.32. The van der Waals surface area contributed by atoms with Gasteiger partial charge in [0.1, 0.15) is 12.1 Å². The second-order valence-electron chi connectivity index (χ2n) is 7.66. The first-order chi connectivity index (χ1) is 15.2. The second kappa shape index (κ2) is 10.4. The maximum absolute atomic E-state index is 13.3. The third-order valence-electron chi connectivity index (χ3n) is 5.59. The van der Waals surface area contributed by atoms with E-state index >= 15 is 0 Å². The molecule has 2 heterocycles. The molecule has 0 N–H and O–H groups in total. The highest BCUT2D eigenvalue weighted by Crippen LogP contribution is 2.28. The third kappa shape index (κ3) is 5.61. The van der Waals surface area contributed by atoms with Crippen molar-refractivity contribution in [2.45, 2.75) is 19.3 Å². The summed E-state index contributed by atoms with van der Waals surface area (Å²) in [6.07, 6.45) is 12.6. The highest BCUT2D eigenvalue weighted by molar-refractivity contribution is 5.40. The van der Waals surface area contributed by atoms with Crippen LogP contribution in [0.2, 0.25) is 0 Å². The molecule has 0 aromatic heterocycles. The summed E-state index contributed by atoms with van der Waals surface area (Å²) >= 11 is 0. The van der Waals surface area contributed by atoms with Gasteiger partial charge in [0.2, 0.25) is 5.88 Å². The van der Waals surface area contributed by atoms with Crippen molar-refractivity contribution in [1.29, 1.82) is 0 Å². The number of piperazine rings is 1. The molecule has 166 valence electrons. The van der Waals surface area contributed by atoms with E-state index in [9.17, 15) is 4.39 Å². The van der Waals surface area contributed by atoms with Crippen LogP contribution in [0.4, 0.5) is 4.39 Å². The molecule has 0 spiro atoms. The molecule has 0 radical (unpaired) electrons. The van der Waals surface area contributed by atoms with Crippen molar-refractivity contribution in [1.82, 2.24) is 9.80 Å². The first-order valence-corrected chi connectivity index (χ1v) is 10.8. The van der Waals surface area contributed by atoms with Crippen LogP contribution < -0.4 is 9.47 Å². The quantitative estimate of drug-likeness (QED) is 0.579. The summed E-state index contributed by atoms with van der Waals surface area (Å²) in [5.74, 6) is 2.22. The Balaban J connectivity index is 1.16. The van der Waals surface area contributed by atoms with E-state index in [1.165, 1.54) is 24.8 Å². The molecule has 1 aromatic rings. The monoisotopic (exact) mass is 428 g/mol. The molecule has 3 aliphatic rings. The lowest BCUT2D eigenvalue weighted by Crippen LogP contribution is -2.46. The van der Waals surface area contributed by atoms with E-state index in [4.69, 9.17) is 18.9 Å². The van der Waals surface area contributed by atoms with Crippen LogP contribution in [0.5, 0.6) is 11.5 Å². The SMILES string of the molecule is COc1cc(F)ccc1OCCCN1CCN(C2=COC(C3=CC=CCC3)=CO2)CC1. The number of halogens is 1. The van der Waals surface area contributed by atoms with Crippen molar-refractivity contribution >= 4 is 0 Å². The number of rotatable bonds is 8. The minimum Gasteiger partial charge on any atom is -0.493 e. The fraction of sp³-hybridized carbons (Fsp3) is 0.417. The molecular weight excluding hydrogens is 399 g/mol. The van der Waals surface area contributed by atoms with Crippen molar-refractivity contribution in [3.05, 3.63) is 72.0 Å². The zero-order chi connectivity index (χ0) is 21.5. The lowest BCUT2D eigenvalue weighted by Gasteiger charge is -2.36. The van der Waals surface area contributed by atoms with Crippen molar-refractivity contribution < 1.29 is 23.3 Å². The summed E-state index contributed by atoms with van der Waals surface area (Å²) in [7, 11) is 1.51. The molecule has 0 bridgehead atoms. The molecule has 7 heteroatoms. The fourth-order valence-electron chi connectivity index (χ4n) is 3.81. The van der Waals surface area contributed by atoms with Gasteiger partial charge in [0.05, 0.1) is 13.7 Å². The van der Waals surface area contributed by atoms with E-state index in [0.29, 0.717) is 18.1 Å². The molecule has 0 saturated carbocycles. The maximum atomic E-state index is 13.3. The zero-order valence-corrected chi connectivity index (χ0v) is 17.9. The Morgan fingerprint density at radius 1 is 1.06 bits per heavy atom. The van der Waals surface area contributed by atoms with Crippen molar-refractivity contribution in [3.63, 3.8) is 0 Å². The van der Waals surface area contributed by atoms with E-state index in [1.807, 2.05) is 0 Å². The number of ether oxygens (including phenoxy) is 4. The lowest BCUT2D eigenvalue weighted by atomic mass is 10.0. The van der Waals surface area contributed by atoms with E-state index in [2.05, 4.69) is 28.0 Å². The van der Waals surface area contributed by atoms with E-state index < -0.39 is 0 Å². The third-order valence-corrected chi connectivity index (χ3v) is 5.59. The molecule has 31 heavy (non-hydrogen) atoms. The van der Waals surface area contributed by atoms with Crippen LogP contribution in [0.25, 0.3) is 0 Å². The van der Waals surface area contributed by atoms with Crippen LogP contribution in [-0.2, 0) is 9.47 Å². The summed E-state index contributed by atoms with van der Waals surface area (Å²) in [6.45, 7) is 5.18. The van der Waals surface area contributed by atoms with Gasteiger partial charge in [-0.1, -0.05) is 18.2 Å². The number of hydrogen-bond donors (Lipinski definition) is 0. The van der Waals surface area contributed by atoms with Crippen LogP contribution >= 0.6 is 0 Å². The van der Waals surface area contributed by atoms with Crippen LogP contribution in [0.1, 0.15) is 19.3 Å². The summed E-state index contributed by atoms with van der Waals surface area (Å²) < 4.78 is 35.9. The van der Waals surface area contributed by atoms with Gasteiger partial charge < -0.3 is 23.8 Å². The normalized spacial score (nSPS) is 19.0. The van der Waals surface area contributed by atoms with Gasteiger partial charge in [-0.3, -0.25) is 4.90 Å². The Kier molecular flexibility index (Phi) is 7.14. The van der Waals surface area contributed by atoms with Gasteiger partial charge in [-0.05, 0) is 37.0 Å². The van der Waals surface area contributed by atoms with E-state index in [0.717, 1.165) is 63.6 Å². The Labute approximate surface area is 182 Å². The van der Waals surface area contributed by atoms with Gasteiger partial charge in [0.15, 0.2) is 23.5 Å². The Hall–Kier alpha value is -2.93. The first-order valence-electron chi connectivity index (χ1n) is 10.8. The number of benzene rings is 1. The van der Waals surface area contributed by atoms with Crippen LogP contribution in [-0.4, -0.2) is 56.2 Å². The molecule has 0 unspecified atom stereocenters. The predicted molar refractivity (Wildman–Crippen MR) is 116 cm³/mol. The summed E-state index contributed by atoms with van der Waals surface area (Å²) in [5, 5.41) is 0. The highest BCUT2D eigenvalue weighted by Gasteiger charge is 2.22. The smallest absolute Gasteiger partial charge is 0.231 e. The van der Waals surface area contributed by atoms with Crippen molar-refractivity contribution in [2.75, 3.05) is 46.4 Å². The maximum Gasteiger partial charge on any atom is 0.231 e. The molecule has 2 aliphatic heterocycles. The summed E-state index contributed by atoms with van der Waals surface area (Å²) in [5.41, 5.74) is 1.17. The minimum atomic E-state index is -0.334. The predicted octanol–water partition coefficient (Wildman–Crippen LogP) is 4.18. The molecule has 0 atom stereocenters. The average Bonchev–Trinajstić information content (AvgIpc) is 2.83. The van der Waals surface area contributed by atoms with Gasteiger partial charge in [0.25, 0.3) is 0 Å². The van der Waals surface area contributed by atoms with E-state index in [-0.39, 0.29) is 5.82 Å². The van der Waals surface area contributed by atoms with Crippen LogP contribution in [0.15, 0.2) is 66.2 Å². The van der Waals surface area contributed by atoms with Crippen molar-refractivity contribution in [3.8, 4) is 11.5 Å². The van der Waals surface area contributed by atoms with Gasteiger partial charge >= 0.3 is 0 Å². The van der Waals surface area contributed by atoms with E-state index in [1.54, 1.807) is 18.6 Å². The molecule has 1 aromatic carbocycles. The molecule has 1 aliphatic carbocycles. The average molecular weight is 429 g/mol. The van der Waals surface area contributed by atoms with Crippen molar-refractivity contribution in [2.24, 2.45) is 0 Å². The molecular formula is C24H29FN2O4. The number of methoxy groups -OCH3 is 1. The Morgan fingerprint density at radius 2 is 1.94 bits per heavy atom.